The number of benzene rings is 1. The predicted molar refractivity (Wildman–Crippen MR) is 94.2 cm³/mol. The van der Waals surface area contributed by atoms with Crippen LogP contribution in [0.4, 0.5) is 0 Å². The molecule has 5 heteroatoms. The summed E-state index contributed by atoms with van der Waals surface area (Å²) in [6.07, 6.45) is 5.07. The van der Waals surface area contributed by atoms with Crippen molar-refractivity contribution in [3.63, 3.8) is 0 Å². The van der Waals surface area contributed by atoms with Gasteiger partial charge in [-0.2, -0.15) is 0 Å². The Bertz CT molecular complexity index is 864. The standard InChI is InChI=1S/C18H20N4O/c1-22(2)10-9-19-18(23)8-7-13-11-15-14-5-3-4-6-16(14)21-17(15)12-20-13/h3-8,11-12,21H,9-10H2,1-2H3,(H,19,23)/b8-7+. The second kappa shape index (κ2) is 6.62. The highest BCUT2D eigenvalue weighted by molar-refractivity contribution is 6.07. The zero-order valence-electron chi connectivity index (χ0n) is 13.3. The number of carbonyl (C=O) groups excluding carboxylic acids is 1. The van der Waals surface area contributed by atoms with Crippen molar-refractivity contribution in [1.29, 1.82) is 0 Å². The minimum absolute atomic E-state index is 0.104. The van der Waals surface area contributed by atoms with E-state index in [2.05, 4.69) is 21.4 Å². The largest absolute Gasteiger partial charge is 0.353 e. The molecule has 0 spiro atoms. The molecule has 0 unspecified atom stereocenters. The molecule has 3 rings (SSSR count). The van der Waals surface area contributed by atoms with E-state index in [1.165, 1.54) is 6.08 Å². The molecule has 2 aromatic heterocycles. The number of H-pyrrole nitrogens is 1. The van der Waals surface area contributed by atoms with E-state index in [-0.39, 0.29) is 5.91 Å². The maximum absolute atomic E-state index is 11.8. The molecular formula is C18H20N4O. The zero-order valence-corrected chi connectivity index (χ0v) is 13.3. The van der Waals surface area contributed by atoms with Crippen LogP contribution in [0.1, 0.15) is 5.69 Å². The van der Waals surface area contributed by atoms with Crippen molar-refractivity contribution in [3.05, 3.63) is 48.3 Å². The van der Waals surface area contributed by atoms with Gasteiger partial charge in [-0.3, -0.25) is 9.78 Å². The van der Waals surface area contributed by atoms with E-state index >= 15 is 0 Å². The van der Waals surface area contributed by atoms with Gasteiger partial charge in [0.1, 0.15) is 0 Å². The number of hydrogen-bond acceptors (Lipinski definition) is 3. The number of pyridine rings is 1. The van der Waals surface area contributed by atoms with Gasteiger partial charge in [-0.15, -0.1) is 0 Å². The molecule has 0 aliphatic heterocycles. The van der Waals surface area contributed by atoms with E-state index in [0.717, 1.165) is 34.0 Å². The van der Waals surface area contributed by atoms with Crippen LogP contribution in [0, 0.1) is 0 Å². The van der Waals surface area contributed by atoms with Crippen LogP contribution in [0.5, 0.6) is 0 Å². The highest BCUT2D eigenvalue weighted by Crippen LogP contribution is 2.25. The third-order valence-corrected chi connectivity index (χ3v) is 3.68. The lowest BCUT2D eigenvalue weighted by Crippen LogP contribution is -2.30. The van der Waals surface area contributed by atoms with Gasteiger partial charge in [0, 0.05) is 35.5 Å². The first-order chi connectivity index (χ1) is 11.1. The van der Waals surface area contributed by atoms with Gasteiger partial charge >= 0.3 is 0 Å². The zero-order chi connectivity index (χ0) is 16.2. The van der Waals surface area contributed by atoms with Crippen LogP contribution in [0.25, 0.3) is 27.9 Å². The van der Waals surface area contributed by atoms with Gasteiger partial charge in [-0.25, -0.2) is 0 Å². The number of likely N-dealkylation sites (N-methyl/N-ethyl adjacent to an activating group) is 1. The molecule has 0 bridgehead atoms. The van der Waals surface area contributed by atoms with Crippen LogP contribution in [0.3, 0.4) is 0 Å². The Labute approximate surface area is 135 Å². The fourth-order valence-electron chi connectivity index (χ4n) is 2.48. The minimum atomic E-state index is -0.104. The smallest absolute Gasteiger partial charge is 0.244 e. The van der Waals surface area contributed by atoms with Crippen LogP contribution in [0.15, 0.2) is 42.6 Å². The van der Waals surface area contributed by atoms with Gasteiger partial charge in [0.2, 0.25) is 5.91 Å². The van der Waals surface area contributed by atoms with E-state index < -0.39 is 0 Å². The monoisotopic (exact) mass is 308 g/mol. The molecule has 0 fully saturated rings. The third-order valence-electron chi connectivity index (χ3n) is 3.68. The molecule has 5 nitrogen and oxygen atoms in total. The molecule has 2 heterocycles. The first kappa shape index (κ1) is 15.2. The Morgan fingerprint density at radius 1 is 1.26 bits per heavy atom. The summed E-state index contributed by atoms with van der Waals surface area (Å²) in [5.74, 6) is -0.104. The summed E-state index contributed by atoms with van der Waals surface area (Å²) in [7, 11) is 3.95. The van der Waals surface area contributed by atoms with E-state index in [1.807, 2.05) is 43.3 Å². The van der Waals surface area contributed by atoms with Crippen molar-refractivity contribution in [2.45, 2.75) is 0 Å². The molecule has 0 saturated carbocycles. The van der Waals surface area contributed by atoms with Gasteiger partial charge < -0.3 is 15.2 Å². The minimum Gasteiger partial charge on any atom is -0.353 e. The molecule has 0 saturated heterocycles. The van der Waals surface area contributed by atoms with Crippen LogP contribution < -0.4 is 5.32 Å². The van der Waals surface area contributed by atoms with E-state index in [4.69, 9.17) is 0 Å². The van der Waals surface area contributed by atoms with Crippen molar-refractivity contribution >= 4 is 33.8 Å². The second-order valence-electron chi connectivity index (χ2n) is 5.75. The van der Waals surface area contributed by atoms with Crippen LogP contribution in [-0.4, -0.2) is 48.0 Å². The molecule has 1 amide bonds. The molecule has 0 aliphatic carbocycles. The average molecular weight is 308 g/mol. The number of amides is 1. The number of rotatable bonds is 5. The summed E-state index contributed by atoms with van der Waals surface area (Å²) in [5.41, 5.74) is 2.86. The lowest BCUT2D eigenvalue weighted by Gasteiger charge is -2.08. The maximum Gasteiger partial charge on any atom is 0.244 e. The molecule has 118 valence electrons. The lowest BCUT2D eigenvalue weighted by molar-refractivity contribution is -0.116. The molecule has 23 heavy (non-hydrogen) atoms. The fourth-order valence-corrected chi connectivity index (χ4v) is 2.48. The van der Waals surface area contributed by atoms with Crippen molar-refractivity contribution in [1.82, 2.24) is 20.2 Å². The number of fused-ring (bicyclic) bond motifs is 3. The number of carbonyl (C=O) groups is 1. The third kappa shape index (κ3) is 3.57. The summed E-state index contributed by atoms with van der Waals surface area (Å²) >= 11 is 0. The molecular weight excluding hydrogens is 288 g/mol. The topological polar surface area (TPSA) is 61.0 Å². The van der Waals surface area contributed by atoms with E-state index in [9.17, 15) is 4.79 Å². The molecule has 0 atom stereocenters. The SMILES string of the molecule is CN(C)CCNC(=O)/C=C/c1cc2c(cn1)[nH]c1ccccc12. The number of hydrogen-bond donors (Lipinski definition) is 2. The quantitative estimate of drug-likeness (QED) is 0.712. The Morgan fingerprint density at radius 3 is 2.91 bits per heavy atom. The van der Waals surface area contributed by atoms with Crippen molar-refractivity contribution in [2.24, 2.45) is 0 Å². The van der Waals surface area contributed by atoms with Crippen molar-refractivity contribution < 1.29 is 4.79 Å². The van der Waals surface area contributed by atoms with Crippen LogP contribution in [0.2, 0.25) is 0 Å². The maximum atomic E-state index is 11.8. The Hall–Kier alpha value is -2.66. The molecule has 2 N–H and O–H groups in total. The number of aromatic nitrogens is 2. The normalized spacial score (nSPS) is 11.8. The van der Waals surface area contributed by atoms with Gasteiger partial charge in [0.15, 0.2) is 0 Å². The van der Waals surface area contributed by atoms with Gasteiger partial charge in [-0.1, -0.05) is 18.2 Å². The Kier molecular flexibility index (Phi) is 4.39. The van der Waals surface area contributed by atoms with E-state index in [0.29, 0.717) is 6.54 Å². The average Bonchev–Trinajstić information content (AvgIpc) is 2.90. The molecule has 0 radical (unpaired) electrons. The number of nitrogens with one attached hydrogen (secondary N) is 2. The first-order valence-corrected chi connectivity index (χ1v) is 7.60. The number of nitrogens with zero attached hydrogens (tertiary/aromatic N) is 2. The Balaban J connectivity index is 1.76. The summed E-state index contributed by atoms with van der Waals surface area (Å²) in [4.78, 5) is 21.5. The second-order valence-corrected chi connectivity index (χ2v) is 5.75. The number of aromatic amines is 1. The van der Waals surface area contributed by atoms with Crippen LogP contribution >= 0.6 is 0 Å². The van der Waals surface area contributed by atoms with Crippen molar-refractivity contribution in [3.8, 4) is 0 Å². The van der Waals surface area contributed by atoms with Gasteiger partial charge in [0.25, 0.3) is 0 Å². The van der Waals surface area contributed by atoms with Crippen LogP contribution in [-0.2, 0) is 4.79 Å². The van der Waals surface area contributed by atoms with E-state index in [1.54, 1.807) is 12.3 Å². The Morgan fingerprint density at radius 2 is 2.09 bits per heavy atom. The fraction of sp³-hybridized carbons (Fsp3) is 0.222. The van der Waals surface area contributed by atoms with Gasteiger partial charge in [0.05, 0.1) is 17.4 Å². The van der Waals surface area contributed by atoms with Crippen molar-refractivity contribution in [2.75, 3.05) is 27.2 Å². The predicted octanol–water partition coefficient (Wildman–Crippen LogP) is 2.41. The first-order valence-electron chi connectivity index (χ1n) is 7.60. The summed E-state index contributed by atoms with van der Waals surface area (Å²) < 4.78 is 0. The summed E-state index contributed by atoms with van der Waals surface area (Å²) in [6, 6.07) is 10.1. The molecule has 1 aromatic carbocycles. The number of para-hydroxylation sites is 1. The highest BCUT2D eigenvalue weighted by Gasteiger charge is 2.04. The summed E-state index contributed by atoms with van der Waals surface area (Å²) in [6.45, 7) is 1.45. The van der Waals surface area contributed by atoms with Gasteiger partial charge in [-0.05, 0) is 32.3 Å². The highest BCUT2D eigenvalue weighted by atomic mass is 16.1. The lowest BCUT2D eigenvalue weighted by atomic mass is 10.1. The summed E-state index contributed by atoms with van der Waals surface area (Å²) in [5, 5.41) is 5.12. The molecule has 0 aliphatic rings. The molecule has 3 aromatic rings.